The van der Waals surface area contributed by atoms with Gasteiger partial charge in [-0.15, -0.1) is 0 Å². The molecule has 1 atom stereocenters. The molecule has 0 spiro atoms. The zero-order valence-electron chi connectivity index (χ0n) is 18.1. The van der Waals surface area contributed by atoms with Gasteiger partial charge in [-0.05, 0) is 42.7 Å². The molecule has 2 N–H and O–H groups in total. The van der Waals surface area contributed by atoms with Gasteiger partial charge in [0, 0.05) is 18.7 Å². The standard InChI is InChI=1S/C24H27N5O3/c1-32-20-11-9-18(10-12-20)23-26-21(27-28-23)15-25-24(31)19-8-5-13-29(16-19)22(30)14-17-6-3-2-4-7-17/h2-4,6-7,9-12,19H,5,8,13-16H2,1H3,(H,25,31)(H,26,27,28). The van der Waals surface area contributed by atoms with Crippen LogP contribution in [0.4, 0.5) is 0 Å². The number of piperidine rings is 1. The zero-order valence-corrected chi connectivity index (χ0v) is 18.1. The summed E-state index contributed by atoms with van der Waals surface area (Å²) in [5, 5.41) is 10.0. The second-order valence-electron chi connectivity index (χ2n) is 7.89. The van der Waals surface area contributed by atoms with Crippen LogP contribution in [0.1, 0.15) is 24.2 Å². The minimum absolute atomic E-state index is 0.0630. The van der Waals surface area contributed by atoms with Crippen LogP contribution in [0.15, 0.2) is 54.6 Å². The lowest BCUT2D eigenvalue weighted by molar-refractivity contribution is -0.135. The lowest BCUT2D eigenvalue weighted by atomic mass is 9.96. The maximum Gasteiger partial charge on any atom is 0.227 e. The maximum absolute atomic E-state index is 12.7. The number of hydrogen-bond acceptors (Lipinski definition) is 5. The van der Waals surface area contributed by atoms with Crippen molar-refractivity contribution < 1.29 is 14.3 Å². The number of nitrogens with one attached hydrogen (secondary N) is 2. The summed E-state index contributed by atoms with van der Waals surface area (Å²) in [5.74, 6) is 1.69. The number of carbonyl (C=O) groups is 2. The lowest BCUT2D eigenvalue weighted by Crippen LogP contribution is -2.45. The van der Waals surface area contributed by atoms with E-state index in [2.05, 4.69) is 20.5 Å². The molecule has 2 aromatic carbocycles. The molecule has 8 heteroatoms. The molecule has 1 saturated heterocycles. The van der Waals surface area contributed by atoms with Crippen LogP contribution in [0.2, 0.25) is 0 Å². The number of hydrogen-bond donors (Lipinski definition) is 2. The summed E-state index contributed by atoms with van der Waals surface area (Å²) in [5.41, 5.74) is 1.85. The van der Waals surface area contributed by atoms with Crippen molar-refractivity contribution in [1.29, 1.82) is 0 Å². The molecular weight excluding hydrogens is 406 g/mol. The van der Waals surface area contributed by atoms with E-state index < -0.39 is 0 Å². The molecule has 1 fully saturated rings. The predicted octanol–water partition coefficient (Wildman–Crippen LogP) is 2.58. The van der Waals surface area contributed by atoms with Gasteiger partial charge in [-0.1, -0.05) is 30.3 Å². The fourth-order valence-corrected chi connectivity index (χ4v) is 3.86. The maximum atomic E-state index is 12.7. The number of aromatic amines is 1. The molecular formula is C24H27N5O3. The highest BCUT2D eigenvalue weighted by atomic mass is 16.5. The Bertz CT molecular complexity index is 1050. The Kier molecular flexibility index (Phi) is 6.79. The van der Waals surface area contributed by atoms with Crippen LogP contribution >= 0.6 is 0 Å². The number of methoxy groups -OCH3 is 1. The molecule has 166 valence electrons. The number of benzene rings is 2. The first-order chi connectivity index (χ1) is 15.6. The number of rotatable bonds is 7. The van der Waals surface area contributed by atoms with E-state index in [1.165, 1.54) is 0 Å². The Labute approximate surface area is 187 Å². The van der Waals surface area contributed by atoms with Gasteiger partial charge in [-0.25, -0.2) is 4.98 Å². The van der Waals surface area contributed by atoms with E-state index in [0.717, 1.165) is 29.7 Å². The average Bonchev–Trinajstić information content (AvgIpc) is 3.32. The molecule has 0 radical (unpaired) electrons. The number of nitrogens with zero attached hydrogens (tertiary/aromatic N) is 3. The molecule has 4 rings (SSSR count). The van der Waals surface area contributed by atoms with E-state index >= 15 is 0 Å². The van der Waals surface area contributed by atoms with Crippen molar-refractivity contribution in [2.75, 3.05) is 20.2 Å². The van der Waals surface area contributed by atoms with Gasteiger partial charge in [-0.2, -0.15) is 5.10 Å². The molecule has 1 unspecified atom stereocenters. The smallest absolute Gasteiger partial charge is 0.227 e. The fraction of sp³-hybridized carbons (Fsp3) is 0.333. The lowest BCUT2D eigenvalue weighted by Gasteiger charge is -2.32. The summed E-state index contributed by atoms with van der Waals surface area (Å²) in [6, 6.07) is 17.2. The van der Waals surface area contributed by atoms with E-state index in [1.54, 1.807) is 12.0 Å². The monoisotopic (exact) mass is 433 g/mol. The van der Waals surface area contributed by atoms with Crippen LogP contribution in [0.25, 0.3) is 11.4 Å². The summed E-state index contributed by atoms with van der Waals surface area (Å²) < 4.78 is 5.16. The molecule has 2 heterocycles. The van der Waals surface area contributed by atoms with Crippen molar-refractivity contribution in [2.45, 2.75) is 25.8 Å². The Morgan fingerprint density at radius 1 is 1.16 bits per heavy atom. The minimum atomic E-state index is -0.215. The third-order valence-corrected chi connectivity index (χ3v) is 5.65. The molecule has 2 amide bonds. The average molecular weight is 434 g/mol. The Hall–Kier alpha value is -3.68. The van der Waals surface area contributed by atoms with Crippen molar-refractivity contribution in [1.82, 2.24) is 25.4 Å². The minimum Gasteiger partial charge on any atom is -0.497 e. The summed E-state index contributed by atoms with van der Waals surface area (Å²) in [4.78, 5) is 31.6. The zero-order chi connectivity index (χ0) is 22.3. The van der Waals surface area contributed by atoms with Gasteiger partial charge in [0.2, 0.25) is 11.8 Å². The van der Waals surface area contributed by atoms with Crippen LogP contribution in [-0.4, -0.2) is 52.1 Å². The highest BCUT2D eigenvalue weighted by molar-refractivity contribution is 5.82. The van der Waals surface area contributed by atoms with Gasteiger partial charge in [-0.3, -0.25) is 14.7 Å². The first-order valence-corrected chi connectivity index (χ1v) is 10.8. The molecule has 1 aliphatic heterocycles. The van der Waals surface area contributed by atoms with Crippen LogP contribution in [0.5, 0.6) is 5.75 Å². The van der Waals surface area contributed by atoms with Crippen molar-refractivity contribution >= 4 is 11.8 Å². The van der Waals surface area contributed by atoms with Crippen LogP contribution in [-0.2, 0) is 22.6 Å². The SMILES string of the molecule is COc1ccc(-c2n[nH]c(CNC(=O)C3CCCN(C(=O)Cc4ccccc4)C3)n2)cc1. The van der Waals surface area contributed by atoms with E-state index in [4.69, 9.17) is 4.74 Å². The largest absolute Gasteiger partial charge is 0.497 e. The van der Waals surface area contributed by atoms with Gasteiger partial charge in [0.15, 0.2) is 5.82 Å². The number of amides is 2. The Morgan fingerprint density at radius 2 is 1.94 bits per heavy atom. The Balaban J connectivity index is 1.29. The summed E-state index contributed by atoms with van der Waals surface area (Å²) in [6.45, 7) is 1.41. The van der Waals surface area contributed by atoms with Crippen molar-refractivity contribution in [2.24, 2.45) is 5.92 Å². The first-order valence-electron chi connectivity index (χ1n) is 10.8. The highest BCUT2D eigenvalue weighted by Gasteiger charge is 2.28. The van der Waals surface area contributed by atoms with Gasteiger partial charge in [0.1, 0.15) is 11.6 Å². The number of aromatic nitrogens is 3. The van der Waals surface area contributed by atoms with Gasteiger partial charge < -0.3 is 15.0 Å². The summed E-state index contributed by atoms with van der Waals surface area (Å²) >= 11 is 0. The summed E-state index contributed by atoms with van der Waals surface area (Å²) in [7, 11) is 1.62. The first kappa shape index (κ1) is 21.5. The number of carbonyl (C=O) groups excluding carboxylic acids is 2. The molecule has 1 aliphatic rings. The van der Waals surface area contributed by atoms with Gasteiger partial charge >= 0.3 is 0 Å². The second kappa shape index (κ2) is 10.1. The normalized spacial score (nSPS) is 15.9. The molecule has 8 nitrogen and oxygen atoms in total. The second-order valence-corrected chi connectivity index (χ2v) is 7.89. The molecule has 0 bridgehead atoms. The third-order valence-electron chi connectivity index (χ3n) is 5.65. The third kappa shape index (κ3) is 5.32. The van der Waals surface area contributed by atoms with Crippen LogP contribution < -0.4 is 10.1 Å². The number of ether oxygens (including phenoxy) is 1. The van der Waals surface area contributed by atoms with Crippen LogP contribution in [0.3, 0.4) is 0 Å². The number of likely N-dealkylation sites (tertiary alicyclic amines) is 1. The summed E-state index contributed by atoms with van der Waals surface area (Å²) in [6.07, 6.45) is 1.96. The highest BCUT2D eigenvalue weighted by Crippen LogP contribution is 2.20. The predicted molar refractivity (Wildman–Crippen MR) is 120 cm³/mol. The quantitative estimate of drug-likeness (QED) is 0.597. The van der Waals surface area contributed by atoms with Gasteiger partial charge in [0.05, 0.1) is 26.0 Å². The molecule has 0 aliphatic carbocycles. The molecule has 0 saturated carbocycles. The fourth-order valence-electron chi connectivity index (χ4n) is 3.86. The van der Waals surface area contributed by atoms with Crippen LogP contribution in [0, 0.1) is 5.92 Å². The Morgan fingerprint density at radius 3 is 2.69 bits per heavy atom. The van der Waals surface area contributed by atoms with E-state index in [1.807, 2.05) is 54.6 Å². The molecule has 3 aromatic rings. The van der Waals surface area contributed by atoms with E-state index in [0.29, 0.717) is 31.2 Å². The van der Waals surface area contributed by atoms with Crippen molar-refractivity contribution in [3.8, 4) is 17.1 Å². The van der Waals surface area contributed by atoms with Gasteiger partial charge in [0.25, 0.3) is 0 Å². The van der Waals surface area contributed by atoms with E-state index in [9.17, 15) is 9.59 Å². The van der Waals surface area contributed by atoms with E-state index in [-0.39, 0.29) is 24.3 Å². The molecule has 32 heavy (non-hydrogen) atoms. The molecule has 1 aromatic heterocycles. The van der Waals surface area contributed by atoms with Crippen molar-refractivity contribution in [3.05, 3.63) is 66.0 Å². The van der Waals surface area contributed by atoms with Crippen molar-refractivity contribution in [3.63, 3.8) is 0 Å². The number of H-pyrrole nitrogens is 1. The topological polar surface area (TPSA) is 100 Å².